The lowest BCUT2D eigenvalue weighted by atomic mass is 9.78. The van der Waals surface area contributed by atoms with Crippen LogP contribution in [-0.4, -0.2) is 38.0 Å². The van der Waals surface area contributed by atoms with E-state index in [1.807, 2.05) is 44.3 Å². The van der Waals surface area contributed by atoms with Crippen LogP contribution < -0.4 is 0 Å². The normalized spacial score (nSPS) is 20.0. The molecule has 50 heavy (non-hydrogen) atoms. The Bertz CT molecular complexity index is 1630. The Morgan fingerprint density at radius 2 is 1.78 bits per heavy atom. The molecule has 2 aliphatic rings. The SMILES string of the molecule is C=Cc1ccc(/C(C)=C/C=C(/CC/C=C2/N=C(c3cccc(F)c3F)CCC2(C)C=NC)N(C)C)c(C(F)(F)F)c1.CCC1CCC=CCC1. The Morgan fingerprint density at radius 3 is 2.38 bits per heavy atom. The summed E-state index contributed by atoms with van der Waals surface area (Å²) in [7, 11) is 5.43. The van der Waals surface area contributed by atoms with Crippen molar-refractivity contribution >= 4 is 23.6 Å². The molecular weight excluding hydrogens is 641 g/mol. The highest BCUT2D eigenvalue weighted by atomic mass is 19.4. The molecule has 3 nitrogen and oxygen atoms in total. The zero-order chi connectivity index (χ0) is 36.9. The molecule has 1 aliphatic heterocycles. The highest BCUT2D eigenvalue weighted by Gasteiger charge is 2.34. The number of hydrogen-bond acceptors (Lipinski definition) is 3. The molecule has 4 rings (SSSR count). The summed E-state index contributed by atoms with van der Waals surface area (Å²) in [5.74, 6) is -0.812. The summed E-state index contributed by atoms with van der Waals surface area (Å²) in [6.45, 7) is 9.54. The van der Waals surface area contributed by atoms with E-state index < -0.39 is 28.8 Å². The Morgan fingerprint density at radius 1 is 1.08 bits per heavy atom. The van der Waals surface area contributed by atoms with Crippen LogP contribution in [0.2, 0.25) is 0 Å². The minimum atomic E-state index is -4.49. The molecule has 2 aromatic rings. The monoisotopic (exact) mass is 693 g/mol. The summed E-state index contributed by atoms with van der Waals surface area (Å²) < 4.78 is 69.6. The van der Waals surface area contributed by atoms with Gasteiger partial charge >= 0.3 is 6.18 Å². The van der Waals surface area contributed by atoms with Gasteiger partial charge in [-0.2, -0.15) is 13.2 Å². The Labute approximate surface area is 295 Å². The van der Waals surface area contributed by atoms with E-state index in [2.05, 4.69) is 30.6 Å². The highest BCUT2D eigenvalue weighted by Crippen LogP contribution is 2.38. The zero-order valence-corrected chi connectivity index (χ0v) is 30.4. The van der Waals surface area contributed by atoms with Gasteiger partial charge in [0.1, 0.15) is 0 Å². The van der Waals surface area contributed by atoms with E-state index in [0.29, 0.717) is 42.5 Å². The quantitative estimate of drug-likeness (QED) is 0.105. The van der Waals surface area contributed by atoms with E-state index in [4.69, 9.17) is 4.99 Å². The van der Waals surface area contributed by atoms with E-state index in [1.54, 1.807) is 26.1 Å². The van der Waals surface area contributed by atoms with Gasteiger partial charge in [-0.15, -0.1) is 0 Å². The van der Waals surface area contributed by atoms with Gasteiger partial charge in [0.05, 0.1) is 11.3 Å². The smallest absolute Gasteiger partial charge is 0.381 e. The summed E-state index contributed by atoms with van der Waals surface area (Å²) in [4.78, 5) is 10.9. The number of rotatable bonds is 10. The van der Waals surface area contributed by atoms with Crippen molar-refractivity contribution in [2.24, 2.45) is 21.3 Å². The van der Waals surface area contributed by atoms with Gasteiger partial charge in [0, 0.05) is 49.7 Å². The number of nitrogens with zero attached hydrogens (tertiary/aromatic N) is 3. The van der Waals surface area contributed by atoms with Crippen LogP contribution in [0.3, 0.4) is 0 Å². The second-order valence-electron chi connectivity index (χ2n) is 13.4. The van der Waals surface area contributed by atoms with Crippen molar-refractivity contribution in [3.63, 3.8) is 0 Å². The van der Waals surface area contributed by atoms with E-state index in [1.165, 1.54) is 56.4 Å². The molecule has 0 fully saturated rings. The molecule has 0 bridgehead atoms. The first-order valence-corrected chi connectivity index (χ1v) is 17.4. The zero-order valence-electron chi connectivity index (χ0n) is 30.4. The molecule has 0 aromatic heterocycles. The number of alkyl halides is 3. The molecular formula is C42H52F5N3. The molecule has 0 saturated carbocycles. The van der Waals surface area contributed by atoms with Gasteiger partial charge < -0.3 is 4.90 Å². The average Bonchev–Trinajstić information content (AvgIpc) is 3.37. The number of benzene rings is 2. The van der Waals surface area contributed by atoms with Gasteiger partial charge in [0.2, 0.25) is 0 Å². The number of halogens is 5. The standard InChI is InChI=1S/C33H36F5N3.C9H16/c1-7-23-15-17-25(27(20-23)33(36,37)38)22(2)14-16-24(41(5)6)10-8-13-30-32(3,21-39-4)19-18-29(40-30)26-11-9-12-28(34)31(26)35;1-2-9-7-5-3-4-6-8-9/h7,9,11-17,20-21H,1,8,10,18-19H2,2-6H3;3-4,9H,2,5-8H2,1H3/b22-14+,24-16-,30-13+,39-21?;. The lowest BCUT2D eigenvalue weighted by Gasteiger charge is -2.31. The molecule has 0 spiro atoms. The molecule has 1 aliphatic carbocycles. The van der Waals surface area contributed by atoms with Crippen LogP contribution in [0.25, 0.3) is 11.6 Å². The van der Waals surface area contributed by atoms with Gasteiger partial charge in [-0.05, 0) is 112 Å². The van der Waals surface area contributed by atoms with Crippen LogP contribution in [0, 0.1) is 23.0 Å². The fourth-order valence-electron chi connectivity index (χ4n) is 6.29. The fraction of sp³-hybridized carbons (Fsp3) is 0.429. The van der Waals surface area contributed by atoms with Gasteiger partial charge in [-0.1, -0.05) is 68.5 Å². The summed E-state index contributed by atoms with van der Waals surface area (Å²) in [5, 5.41) is 0. The third-order valence-corrected chi connectivity index (χ3v) is 9.47. The van der Waals surface area contributed by atoms with Crippen molar-refractivity contribution in [3.8, 4) is 0 Å². The van der Waals surface area contributed by atoms with E-state index in [0.717, 1.165) is 29.4 Å². The molecule has 270 valence electrons. The van der Waals surface area contributed by atoms with E-state index in [-0.39, 0.29) is 11.1 Å². The second-order valence-corrected chi connectivity index (χ2v) is 13.4. The van der Waals surface area contributed by atoms with Gasteiger partial charge in [-0.25, -0.2) is 8.78 Å². The summed E-state index contributed by atoms with van der Waals surface area (Å²) in [5.41, 5.74) is 2.09. The first-order chi connectivity index (χ1) is 23.7. The van der Waals surface area contributed by atoms with Gasteiger partial charge in [-0.3, -0.25) is 9.98 Å². The third-order valence-electron chi connectivity index (χ3n) is 9.47. The Hall–Kier alpha value is -4.07. The van der Waals surface area contributed by atoms with Crippen molar-refractivity contribution in [1.82, 2.24) is 4.90 Å². The van der Waals surface area contributed by atoms with E-state index >= 15 is 0 Å². The predicted octanol–water partition coefficient (Wildman–Crippen LogP) is 12.3. The minimum absolute atomic E-state index is 0.114. The first kappa shape index (κ1) is 40.4. The van der Waals surface area contributed by atoms with Crippen LogP contribution in [0.4, 0.5) is 22.0 Å². The van der Waals surface area contributed by atoms with Crippen molar-refractivity contribution in [2.45, 2.75) is 84.7 Å². The van der Waals surface area contributed by atoms with Crippen LogP contribution in [0.5, 0.6) is 0 Å². The first-order valence-electron chi connectivity index (χ1n) is 17.4. The number of allylic oxidation sites excluding steroid dienone is 8. The Kier molecular flexibility index (Phi) is 15.2. The van der Waals surface area contributed by atoms with Crippen LogP contribution in [0.1, 0.15) is 101 Å². The number of hydrogen-bond donors (Lipinski definition) is 0. The summed E-state index contributed by atoms with van der Waals surface area (Å²) in [6.07, 6.45) is 18.0. The highest BCUT2D eigenvalue weighted by molar-refractivity contribution is 6.02. The van der Waals surface area contributed by atoms with Crippen molar-refractivity contribution in [2.75, 3.05) is 21.1 Å². The average molecular weight is 694 g/mol. The summed E-state index contributed by atoms with van der Waals surface area (Å²) >= 11 is 0. The van der Waals surface area contributed by atoms with Crippen molar-refractivity contribution in [1.29, 1.82) is 0 Å². The topological polar surface area (TPSA) is 28.0 Å². The molecule has 0 N–H and O–H groups in total. The molecule has 0 amide bonds. The van der Waals surface area contributed by atoms with Crippen LogP contribution >= 0.6 is 0 Å². The van der Waals surface area contributed by atoms with Gasteiger partial charge in [0.25, 0.3) is 0 Å². The van der Waals surface area contributed by atoms with Crippen LogP contribution in [0.15, 0.2) is 94.7 Å². The fourth-order valence-corrected chi connectivity index (χ4v) is 6.29. The molecule has 1 atom stereocenters. The van der Waals surface area contributed by atoms with Crippen molar-refractivity contribution in [3.05, 3.63) is 119 Å². The third kappa shape index (κ3) is 11.2. The molecule has 0 radical (unpaired) electrons. The van der Waals surface area contributed by atoms with Gasteiger partial charge in [0.15, 0.2) is 11.6 Å². The molecule has 1 heterocycles. The molecule has 2 aromatic carbocycles. The maximum Gasteiger partial charge on any atom is 0.417 e. The Balaban J connectivity index is 0.000000650. The predicted molar refractivity (Wildman–Crippen MR) is 200 cm³/mol. The number of aliphatic imine (C=N–C) groups is 2. The lowest BCUT2D eigenvalue weighted by Crippen LogP contribution is -2.27. The largest absolute Gasteiger partial charge is 0.417 e. The van der Waals surface area contributed by atoms with Crippen LogP contribution in [-0.2, 0) is 6.18 Å². The molecule has 8 heteroatoms. The second kappa shape index (κ2) is 18.8. The summed E-state index contributed by atoms with van der Waals surface area (Å²) in [6, 6.07) is 8.27. The maximum atomic E-state index is 14.5. The maximum absolute atomic E-state index is 14.5. The molecule has 0 saturated heterocycles. The lowest BCUT2D eigenvalue weighted by molar-refractivity contribution is -0.137. The minimum Gasteiger partial charge on any atom is -0.381 e. The van der Waals surface area contributed by atoms with Crippen molar-refractivity contribution < 1.29 is 22.0 Å². The van der Waals surface area contributed by atoms with E-state index in [9.17, 15) is 22.0 Å². The molecule has 1 unspecified atom stereocenters.